The number of pyridine rings is 6. The first-order valence-corrected chi connectivity index (χ1v) is 32.2. The molecule has 0 bridgehead atoms. The first-order chi connectivity index (χ1) is 48.4. The summed E-state index contributed by atoms with van der Waals surface area (Å²) in [5.74, 6) is 0. The van der Waals surface area contributed by atoms with Gasteiger partial charge in [-0.2, -0.15) is 0 Å². The normalized spacial score (nSPS) is 12.3. The highest BCUT2D eigenvalue weighted by molar-refractivity contribution is 5.67. The van der Waals surface area contributed by atoms with Gasteiger partial charge < -0.3 is 0 Å². The van der Waals surface area contributed by atoms with Gasteiger partial charge in [0.15, 0.2) is 37.2 Å². The van der Waals surface area contributed by atoms with Crippen molar-refractivity contribution in [2.24, 2.45) is 42.3 Å². The Morgan fingerprint density at radius 1 is 0.223 bits per heavy atom. The van der Waals surface area contributed by atoms with Crippen LogP contribution in [-0.4, -0.2) is 0 Å². The van der Waals surface area contributed by atoms with E-state index in [0.29, 0.717) is 16.7 Å². The molecule has 0 atom stereocenters. The van der Waals surface area contributed by atoms with Crippen LogP contribution in [0.25, 0.3) is 67.5 Å². The Balaban J connectivity index is 0.000000173. The van der Waals surface area contributed by atoms with E-state index in [2.05, 4.69) is 262 Å². The summed E-state index contributed by atoms with van der Waals surface area (Å²) in [5, 5.41) is 0. The number of aryl methyl sites for hydroxylation is 21. The Labute approximate surface area is 577 Å². The third-order valence-corrected chi connectivity index (χ3v) is 17.4. The van der Waals surface area contributed by atoms with Crippen molar-refractivity contribution < 1.29 is 39.7 Å². The van der Waals surface area contributed by atoms with Gasteiger partial charge in [-0.1, -0.05) is 109 Å². The van der Waals surface area contributed by atoms with Gasteiger partial charge in [0.2, 0.25) is 34.2 Å². The summed E-state index contributed by atoms with van der Waals surface area (Å²) in [5.41, 5.74) is 31.0. The van der Waals surface area contributed by atoms with Gasteiger partial charge in [0.05, 0.1) is 0 Å². The van der Waals surface area contributed by atoms with Gasteiger partial charge in [-0.3, -0.25) is 0 Å². The van der Waals surface area contributed by atoms with Crippen LogP contribution in [0.2, 0.25) is 0 Å². The van der Waals surface area contributed by atoms with E-state index in [1.165, 1.54) is 89.4 Å². The molecule has 0 saturated heterocycles. The second kappa shape index (κ2) is 33.2. The van der Waals surface area contributed by atoms with E-state index in [1.807, 2.05) is 104 Å². The number of hydrogen-bond acceptors (Lipinski definition) is 0. The molecule has 12 rings (SSSR count). The van der Waals surface area contributed by atoms with E-state index in [-0.39, 0.29) is 0 Å². The lowest BCUT2D eigenvalue weighted by atomic mass is 9.99. The van der Waals surface area contributed by atoms with Gasteiger partial charge in [-0.05, 0) is 215 Å². The summed E-state index contributed by atoms with van der Waals surface area (Å²) < 4.78 is 80.0. The van der Waals surface area contributed by atoms with E-state index in [1.54, 1.807) is 24.7 Å². The zero-order chi connectivity index (χ0) is 76.0. The summed E-state index contributed by atoms with van der Waals surface area (Å²) in [6, 6.07) is 66.3. The smallest absolute Gasteiger partial charge is 0.201 e. The molecule has 0 unspecified atom stereocenters. The van der Waals surface area contributed by atoms with Gasteiger partial charge in [0, 0.05) is 115 Å². The zero-order valence-electron chi connectivity index (χ0n) is 68.1. The second-order valence-corrected chi connectivity index (χ2v) is 24.9. The predicted octanol–water partition coefficient (Wildman–Crippen LogP) is 18.0. The molecule has 0 radical (unpaired) electrons. The van der Waals surface area contributed by atoms with Crippen LogP contribution in [0.1, 0.15) is 101 Å². The lowest BCUT2D eigenvalue weighted by Gasteiger charge is -2.08. The Morgan fingerprint density at radius 2 is 0.574 bits per heavy atom. The maximum absolute atomic E-state index is 7.55. The summed E-state index contributed by atoms with van der Waals surface area (Å²) in [4.78, 5) is 0. The SMILES string of the molecule is Cc1cc[n+](C)c(-c2ccccc2C)c1.Cc1ccccc1-c1c(C)c(C)cc[n+]1C.Cc1ccccc1-c1c(C)ccc[n+]1C.[2H]C([2H])([2H])c1c[n+](C)c(-c2ccccc2C)cc1C.[2H]C([2H])([2H])c1c[n+](C)c(-c2ccccc2C)cc1C.[2H]C([2H])([2H])c1cc(C)c(-c2ccccc2C)[n+](C)c1. The van der Waals surface area contributed by atoms with Crippen molar-refractivity contribution in [3.63, 3.8) is 0 Å². The third-order valence-electron chi connectivity index (χ3n) is 17.4. The number of aromatic nitrogens is 6. The Morgan fingerprint density at radius 3 is 0.957 bits per heavy atom. The largest absolute Gasteiger partial charge is 0.215 e. The lowest BCUT2D eigenvalue weighted by Crippen LogP contribution is -2.32. The minimum Gasteiger partial charge on any atom is -0.201 e. The fraction of sp³-hybridized carbons (Fsp3) is 0.250. The molecule has 0 saturated carbocycles. The average molecular weight is 1250 g/mol. The molecular weight excluding hydrogens is 1140 g/mol. The van der Waals surface area contributed by atoms with Crippen molar-refractivity contribution in [3.05, 3.63) is 320 Å². The molecule has 0 aliphatic heterocycles. The summed E-state index contributed by atoms with van der Waals surface area (Å²) in [6.45, 7) is 20.8. The minimum atomic E-state index is -2.06. The lowest BCUT2D eigenvalue weighted by molar-refractivity contribution is -0.661. The average Bonchev–Trinajstić information content (AvgIpc) is 0.804. The fourth-order valence-corrected chi connectivity index (χ4v) is 11.8. The molecular formula is C88H104N6+6. The highest BCUT2D eigenvalue weighted by Gasteiger charge is 2.20. The highest BCUT2D eigenvalue weighted by atomic mass is 14.9. The van der Waals surface area contributed by atoms with E-state index in [9.17, 15) is 0 Å². The van der Waals surface area contributed by atoms with Crippen LogP contribution in [-0.2, 0) is 42.3 Å². The van der Waals surface area contributed by atoms with Crippen molar-refractivity contribution >= 4 is 0 Å². The fourth-order valence-electron chi connectivity index (χ4n) is 11.8. The number of nitrogens with zero attached hydrogens (tertiary/aromatic N) is 6. The maximum atomic E-state index is 7.55. The number of hydrogen-bond donors (Lipinski definition) is 0. The molecule has 0 fully saturated rings. The maximum Gasteiger partial charge on any atom is 0.215 e. The van der Waals surface area contributed by atoms with Crippen LogP contribution < -0.4 is 27.4 Å². The molecule has 480 valence electrons. The molecule has 6 aromatic carbocycles. The molecule has 6 nitrogen and oxygen atoms in total. The van der Waals surface area contributed by atoms with Gasteiger partial charge in [0.1, 0.15) is 42.3 Å². The van der Waals surface area contributed by atoms with Crippen molar-refractivity contribution in [1.82, 2.24) is 0 Å². The third kappa shape index (κ3) is 18.3. The quantitative estimate of drug-likeness (QED) is 0.148. The van der Waals surface area contributed by atoms with Crippen LogP contribution in [0.5, 0.6) is 0 Å². The molecule has 12 aromatic rings. The van der Waals surface area contributed by atoms with Crippen LogP contribution in [0.15, 0.2) is 231 Å². The first-order valence-electron chi connectivity index (χ1n) is 36.7. The van der Waals surface area contributed by atoms with E-state index >= 15 is 0 Å². The first kappa shape index (κ1) is 59.2. The predicted molar refractivity (Wildman–Crippen MR) is 394 cm³/mol. The highest BCUT2D eigenvalue weighted by Crippen LogP contribution is 2.28. The Bertz CT molecular complexity index is 4790. The van der Waals surface area contributed by atoms with Gasteiger partial charge in [-0.25, -0.2) is 27.4 Å². The van der Waals surface area contributed by atoms with Crippen molar-refractivity contribution in [2.75, 3.05) is 0 Å². The second-order valence-electron chi connectivity index (χ2n) is 24.9. The van der Waals surface area contributed by atoms with Crippen LogP contribution in [0.3, 0.4) is 0 Å². The molecule has 6 heterocycles. The monoisotopic (exact) mass is 1250 g/mol. The molecule has 0 N–H and O–H groups in total. The summed E-state index contributed by atoms with van der Waals surface area (Å²) >= 11 is 0. The molecule has 0 amide bonds. The Kier molecular flexibility index (Phi) is 20.9. The van der Waals surface area contributed by atoms with Crippen LogP contribution in [0.4, 0.5) is 0 Å². The molecule has 0 aliphatic rings. The molecule has 0 spiro atoms. The van der Waals surface area contributed by atoms with Crippen molar-refractivity contribution in [2.45, 2.75) is 111 Å². The molecule has 0 aliphatic carbocycles. The topological polar surface area (TPSA) is 23.3 Å². The summed E-state index contributed by atoms with van der Waals surface area (Å²) in [7, 11) is 11.9. The van der Waals surface area contributed by atoms with E-state index in [4.69, 9.17) is 12.3 Å². The van der Waals surface area contributed by atoms with E-state index in [0.717, 1.165) is 50.5 Å². The Hall–Kier alpha value is -9.78. The summed E-state index contributed by atoms with van der Waals surface area (Å²) in [6.07, 6.45) is 11.5. The van der Waals surface area contributed by atoms with Crippen LogP contribution in [0, 0.1) is 111 Å². The van der Waals surface area contributed by atoms with Crippen LogP contribution >= 0.6 is 0 Å². The zero-order valence-corrected chi connectivity index (χ0v) is 59.1. The number of rotatable bonds is 6. The number of benzene rings is 6. The van der Waals surface area contributed by atoms with Gasteiger partial charge in [-0.15, -0.1) is 0 Å². The van der Waals surface area contributed by atoms with Crippen molar-refractivity contribution in [3.8, 4) is 67.5 Å². The van der Waals surface area contributed by atoms with E-state index < -0.39 is 20.6 Å². The van der Waals surface area contributed by atoms with Gasteiger partial charge in [0.25, 0.3) is 0 Å². The standard InChI is InChI=1S/4C15H18N.2C14H16N/c1-11-9-13(3)15(16(4)10-11)14-8-6-5-7-12(14)2;2*1-11-7-5-6-8-14(11)15-9-12(2)13(3)10-16(15)4;1-11-9-10-16(4)15(13(11)3)14-8-6-5-7-12(14)2;1-11-7-4-5-9-13(11)14-12(2)8-6-10-15(14)3;1-11-8-9-15(3)14(10-11)13-7-5-4-6-12(13)2/h4*5-10H,1-4H3;2*4-10H,1-3H3/q6*+1/i1D3;2*3D3;;;. The van der Waals surface area contributed by atoms with Crippen molar-refractivity contribution in [1.29, 1.82) is 0 Å². The molecule has 6 aromatic heterocycles. The minimum absolute atomic E-state index is 0.379. The molecule has 6 heteroatoms. The molecule has 94 heavy (non-hydrogen) atoms. The van der Waals surface area contributed by atoms with Gasteiger partial charge >= 0.3 is 0 Å².